The molecular formula is C55H36N4. The number of hydrogen-bond donors (Lipinski definition) is 0. The summed E-state index contributed by atoms with van der Waals surface area (Å²) in [6.07, 6.45) is 0. The first-order chi connectivity index (χ1) is 29.2. The molecule has 0 atom stereocenters. The van der Waals surface area contributed by atoms with E-state index in [0.717, 1.165) is 44.6 Å². The predicted octanol–water partition coefficient (Wildman–Crippen LogP) is 14.1. The van der Waals surface area contributed by atoms with E-state index in [0.29, 0.717) is 17.5 Å². The Morgan fingerprint density at radius 1 is 0.288 bits per heavy atom. The number of para-hydroxylation sites is 1. The van der Waals surface area contributed by atoms with Crippen molar-refractivity contribution in [3.63, 3.8) is 0 Å². The van der Waals surface area contributed by atoms with E-state index in [4.69, 9.17) is 15.0 Å². The summed E-state index contributed by atoms with van der Waals surface area (Å²) in [6.45, 7) is 0. The van der Waals surface area contributed by atoms with E-state index in [1.807, 2.05) is 18.2 Å². The van der Waals surface area contributed by atoms with Gasteiger partial charge in [0, 0.05) is 33.2 Å². The normalized spacial score (nSPS) is 11.4. The van der Waals surface area contributed by atoms with E-state index in [9.17, 15) is 0 Å². The van der Waals surface area contributed by atoms with Crippen LogP contribution in [0.3, 0.4) is 0 Å². The summed E-state index contributed by atoms with van der Waals surface area (Å²) in [5.41, 5.74) is 13.1. The van der Waals surface area contributed by atoms with Crippen molar-refractivity contribution < 1.29 is 0 Å². The first-order valence-corrected chi connectivity index (χ1v) is 19.9. The first-order valence-electron chi connectivity index (χ1n) is 19.9. The topological polar surface area (TPSA) is 43.6 Å². The fourth-order valence-corrected chi connectivity index (χ4v) is 8.42. The second kappa shape index (κ2) is 14.5. The minimum absolute atomic E-state index is 0.623. The lowest BCUT2D eigenvalue weighted by atomic mass is 9.98. The van der Waals surface area contributed by atoms with Gasteiger partial charge < -0.3 is 4.57 Å². The number of rotatable bonds is 7. The lowest BCUT2D eigenvalue weighted by Crippen LogP contribution is -2.01. The Labute approximate surface area is 342 Å². The van der Waals surface area contributed by atoms with E-state index in [1.54, 1.807) is 0 Å². The van der Waals surface area contributed by atoms with Crippen molar-refractivity contribution in [1.82, 2.24) is 19.5 Å². The van der Waals surface area contributed by atoms with E-state index in [2.05, 4.69) is 205 Å². The molecule has 4 nitrogen and oxygen atoms in total. The van der Waals surface area contributed by atoms with Gasteiger partial charge in [-0.15, -0.1) is 0 Å². The Morgan fingerprint density at radius 3 is 1.63 bits per heavy atom. The molecule has 0 radical (unpaired) electrons. The Hall–Kier alpha value is -7.95. The van der Waals surface area contributed by atoms with Crippen molar-refractivity contribution in [2.75, 3.05) is 0 Å². The molecule has 0 aliphatic rings. The monoisotopic (exact) mass is 752 g/mol. The van der Waals surface area contributed by atoms with Gasteiger partial charge in [0.05, 0.1) is 11.0 Å². The highest BCUT2D eigenvalue weighted by molar-refractivity contribution is 6.15. The van der Waals surface area contributed by atoms with Gasteiger partial charge >= 0.3 is 0 Å². The third-order valence-corrected chi connectivity index (χ3v) is 11.3. The molecule has 11 rings (SSSR count). The molecule has 276 valence electrons. The molecule has 0 saturated carbocycles. The van der Waals surface area contributed by atoms with Crippen LogP contribution in [0.25, 0.3) is 106 Å². The van der Waals surface area contributed by atoms with Crippen molar-refractivity contribution in [3.05, 3.63) is 218 Å². The second-order valence-electron chi connectivity index (χ2n) is 14.8. The molecule has 0 aliphatic heterocycles. The van der Waals surface area contributed by atoms with Gasteiger partial charge in [-0.3, -0.25) is 0 Å². The maximum Gasteiger partial charge on any atom is 0.164 e. The quantitative estimate of drug-likeness (QED) is 0.163. The van der Waals surface area contributed by atoms with Crippen LogP contribution in [-0.4, -0.2) is 19.5 Å². The van der Waals surface area contributed by atoms with Crippen LogP contribution < -0.4 is 0 Å². The zero-order chi connectivity index (χ0) is 39.1. The van der Waals surface area contributed by atoms with Crippen LogP contribution in [0.5, 0.6) is 0 Å². The fourth-order valence-electron chi connectivity index (χ4n) is 8.42. The minimum Gasteiger partial charge on any atom is -0.309 e. The van der Waals surface area contributed by atoms with Gasteiger partial charge in [-0.1, -0.05) is 188 Å². The van der Waals surface area contributed by atoms with Crippen molar-refractivity contribution >= 4 is 32.6 Å². The van der Waals surface area contributed by atoms with E-state index >= 15 is 0 Å². The van der Waals surface area contributed by atoms with Crippen LogP contribution in [0, 0.1) is 0 Å². The SMILES string of the molecule is c1ccc(-c2nc(-c3ccc(-c4ccc5ccccc5c4)cc3)nc(-c3ccccc3-c3cccc(-n4c5ccccc5c5c(-c6ccccc6)cccc54)c3)n2)cc1. The number of nitrogens with zero attached hydrogens (tertiary/aromatic N) is 4. The minimum atomic E-state index is 0.623. The molecule has 0 amide bonds. The average Bonchev–Trinajstić information content (AvgIpc) is 3.66. The third kappa shape index (κ3) is 6.24. The van der Waals surface area contributed by atoms with E-state index in [1.165, 1.54) is 43.8 Å². The molecule has 0 unspecified atom stereocenters. The number of benzene rings is 9. The van der Waals surface area contributed by atoms with Gasteiger partial charge in [0.2, 0.25) is 0 Å². The van der Waals surface area contributed by atoms with Crippen LogP contribution in [-0.2, 0) is 0 Å². The maximum atomic E-state index is 5.19. The standard InChI is InChI=1S/C55H36N4/c1-3-16-39(17-4-1)47-26-14-28-51-52(47)49-25-11-12-27-50(49)59(51)45-22-13-21-44(36-45)46-23-9-10-24-48(46)55-57-53(40-18-5-2-6-19-40)56-54(58-55)41-32-29-38(30-33-41)43-34-31-37-15-7-8-20-42(37)35-43/h1-36H. The summed E-state index contributed by atoms with van der Waals surface area (Å²) in [5, 5.41) is 4.93. The molecule has 0 aliphatic carbocycles. The molecule has 0 fully saturated rings. The highest BCUT2D eigenvalue weighted by atomic mass is 15.0. The molecule has 0 spiro atoms. The maximum absolute atomic E-state index is 5.19. The van der Waals surface area contributed by atoms with Gasteiger partial charge in [0.1, 0.15) is 0 Å². The van der Waals surface area contributed by atoms with Crippen LogP contribution in [0.1, 0.15) is 0 Å². The van der Waals surface area contributed by atoms with Gasteiger partial charge in [-0.05, 0) is 74.5 Å². The van der Waals surface area contributed by atoms with Crippen molar-refractivity contribution in [2.45, 2.75) is 0 Å². The van der Waals surface area contributed by atoms with E-state index < -0.39 is 0 Å². The molecule has 2 aromatic heterocycles. The molecule has 59 heavy (non-hydrogen) atoms. The van der Waals surface area contributed by atoms with Crippen LogP contribution in [0.15, 0.2) is 218 Å². The van der Waals surface area contributed by atoms with Crippen LogP contribution in [0.4, 0.5) is 0 Å². The Morgan fingerprint density at radius 2 is 0.831 bits per heavy atom. The van der Waals surface area contributed by atoms with Crippen LogP contribution >= 0.6 is 0 Å². The third-order valence-electron chi connectivity index (χ3n) is 11.3. The molecule has 0 N–H and O–H groups in total. The smallest absolute Gasteiger partial charge is 0.164 e. The highest BCUT2D eigenvalue weighted by Crippen LogP contribution is 2.40. The molecule has 4 heteroatoms. The molecule has 2 heterocycles. The molecule has 0 saturated heterocycles. The first kappa shape index (κ1) is 34.3. The Bertz CT molecular complexity index is 3310. The summed E-state index contributed by atoms with van der Waals surface area (Å²) in [7, 11) is 0. The summed E-state index contributed by atoms with van der Waals surface area (Å²) in [5.74, 6) is 1.88. The number of hydrogen-bond acceptors (Lipinski definition) is 3. The largest absolute Gasteiger partial charge is 0.309 e. The number of aromatic nitrogens is 4. The van der Waals surface area contributed by atoms with Crippen molar-refractivity contribution in [2.24, 2.45) is 0 Å². The van der Waals surface area contributed by atoms with Crippen molar-refractivity contribution in [1.29, 1.82) is 0 Å². The van der Waals surface area contributed by atoms with E-state index in [-0.39, 0.29) is 0 Å². The lowest BCUT2D eigenvalue weighted by Gasteiger charge is -2.14. The Kier molecular flexibility index (Phi) is 8.45. The second-order valence-corrected chi connectivity index (χ2v) is 14.8. The molecule has 11 aromatic rings. The number of fused-ring (bicyclic) bond motifs is 4. The summed E-state index contributed by atoms with van der Waals surface area (Å²) >= 11 is 0. The van der Waals surface area contributed by atoms with Crippen LogP contribution in [0.2, 0.25) is 0 Å². The Balaban J connectivity index is 1.03. The predicted molar refractivity (Wildman–Crippen MR) is 244 cm³/mol. The van der Waals surface area contributed by atoms with Gasteiger partial charge in [0.15, 0.2) is 17.5 Å². The van der Waals surface area contributed by atoms with Gasteiger partial charge in [-0.25, -0.2) is 15.0 Å². The highest BCUT2D eigenvalue weighted by Gasteiger charge is 2.19. The fraction of sp³-hybridized carbons (Fsp3) is 0. The van der Waals surface area contributed by atoms with Gasteiger partial charge in [0.25, 0.3) is 0 Å². The zero-order valence-corrected chi connectivity index (χ0v) is 32.1. The summed E-state index contributed by atoms with van der Waals surface area (Å²) in [6, 6.07) is 77.0. The summed E-state index contributed by atoms with van der Waals surface area (Å²) < 4.78 is 2.39. The molecular weight excluding hydrogens is 717 g/mol. The average molecular weight is 753 g/mol. The summed E-state index contributed by atoms with van der Waals surface area (Å²) in [4.78, 5) is 15.4. The lowest BCUT2D eigenvalue weighted by molar-refractivity contribution is 1.07. The molecule has 9 aromatic carbocycles. The van der Waals surface area contributed by atoms with Crippen molar-refractivity contribution in [3.8, 4) is 73.2 Å². The van der Waals surface area contributed by atoms with Gasteiger partial charge in [-0.2, -0.15) is 0 Å². The molecule has 0 bridgehead atoms. The zero-order valence-electron chi connectivity index (χ0n) is 32.1.